The van der Waals surface area contributed by atoms with Gasteiger partial charge in [0.1, 0.15) is 10.7 Å². The van der Waals surface area contributed by atoms with Gasteiger partial charge in [-0.3, -0.25) is 9.71 Å². The topological polar surface area (TPSA) is 59.1 Å². The molecule has 0 fully saturated rings. The van der Waals surface area contributed by atoms with Crippen LogP contribution in [0.4, 0.5) is 10.1 Å². The van der Waals surface area contributed by atoms with Crippen LogP contribution < -0.4 is 4.72 Å². The number of nitrogens with one attached hydrogen (secondary N) is 1. The molecule has 0 saturated heterocycles. The van der Waals surface area contributed by atoms with Crippen molar-refractivity contribution >= 4 is 43.2 Å². The Morgan fingerprint density at radius 1 is 1.32 bits per heavy atom. The predicted octanol–water partition coefficient (Wildman–Crippen LogP) is 3.44. The van der Waals surface area contributed by atoms with Gasteiger partial charge in [0.2, 0.25) is 0 Å². The Balaban J connectivity index is 2.46. The summed E-state index contributed by atoms with van der Waals surface area (Å²) in [5.74, 6) is -0.696. The van der Waals surface area contributed by atoms with Crippen LogP contribution in [-0.4, -0.2) is 13.4 Å². The molecule has 100 valence electrons. The smallest absolute Gasteiger partial charge is 0.265 e. The molecule has 1 heterocycles. The minimum atomic E-state index is -4.00. The molecule has 0 spiro atoms. The maximum atomic E-state index is 13.6. The molecule has 0 amide bonds. The quantitative estimate of drug-likeness (QED) is 0.906. The lowest BCUT2D eigenvalue weighted by molar-refractivity contribution is 0.598. The van der Waals surface area contributed by atoms with Gasteiger partial charge in [0.25, 0.3) is 10.0 Å². The van der Waals surface area contributed by atoms with E-state index in [1.165, 1.54) is 24.4 Å². The van der Waals surface area contributed by atoms with E-state index in [9.17, 15) is 12.8 Å². The van der Waals surface area contributed by atoms with E-state index in [4.69, 9.17) is 11.6 Å². The third-order valence-electron chi connectivity index (χ3n) is 2.22. The second kappa shape index (κ2) is 5.44. The fraction of sp³-hybridized carbons (Fsp3) is 0. The van der Waals surface area contributed by atoms with E-state index < -0.39 is 15.8 Å². The number of aromatic nitrogens is 1. The lowest BCUT2D eigenvalue weighted by Crippen LogP contribution is -2.15. The van der Waals surface area contributed by atoms with Gasteiger partial charge >= 0.3 is 0 Å². The van der Waals surface area contributed by atoms with Crippen LogP contribution in [0, 0.1) is 5.82 Å². The largest absolute Gasteiger partial charge is 0.275 e. The number of pyridine rings is 1. The SMILES string of the molecule is O=S(=O)(Nc1c(F)cccc1Br)c1cnccc1Cl. The van der Waals surface area contributed by atoms with Gasteiger partial charge in [0.15, 0.2) is 0 Å². The number of halogens is 3. The van der Waals surface area contributed by atoms with E-state index in [2.05, 4.69) is 25.6 Å². The molecule has 0 saturated carbocycles. The molecule has 8 heteroatoms. The second-order valence-electron chi connectivity index (χ2n) is 3.51. The van der Waals surface area contributed by atoms with Crippen molar-refractivity contribution in [3.8, 4) is 0 Å². The molecule has 2 aromatic rings. The van der Waals surface area contributed by atoms with Crippen LogP contribution in [0.2, 0.25) is 5.02 Å². The molecule has 0 aliphatic heterocycles. The zero-order valence-electron chi connectivity index (χ0n) is 9.27. The highest BCUT2D eigenvalue weighted by atomic mass is 79.9. The Hall–Kier alpha value is -1.18. The molecule has 0 atom stereocenters. The van der Waals surface area contributed by atoms with Gasteiger partial charge in [-0.25, -0.2) is 12.8 Å². The van der Waals surface area contributed by atoms with Crippen molar-refractivity contribution in [2.45, 2.75) is 4.90 Å². The van der Waals surface area contributed by atoms with Crippen molar-refractivity contribution in [1.29, 1.82) is 0 Å². The molecule has 1 aromatic carbocycles. The van der Waals surface area contributed by atoms with Gasteiger partial charge in [-0.15, -0.1) is 0 Å². The Labute approximate surface area is 122 Å². The first-order valence-corrected chi connectivity index (χ1v) is 7.63. The van der Waals surface area contributed by atoms with Crippen LogP contribution >= 0.6 is 27.5 Å². The average molecular weight is 366 g/mol. The summed E-state index contributed by atoms with van der Waals surface area (Å²) >= 11 is 8.87. The molecule has 0 aliphatic carbocycles. The Bertz CT molecular complexity index is 704. The van der Waals surface area contributed by atoms with Gasteiger partial charge in [-0.1, -0.05) is 17.7 Å². The summed E-state index contributed by atoms with van der Waals surface area (Å²) in [6.07, 6.45) is 2.46. The van der Waals surface area contributed by atoms with Crippen LogP contribution in [0.25, 0.3) is 0 Å². The van der Waals surface area contributed by atoms with Gasteiger partial charge in [0.05, 0.1) is 10.7 Å². The zero-order chi connectivity index (χ0) is 14.0. The molecule has 19 heavy (non-hydrogen) atoms. The van der Waals surface area contributed by atoms with Crippen LogP contribution in [0.3, 0.4) is 0 Å². The molecule has 0 aliphatic rings. The molecule has 1 aromatic heterocycles. The third kappa shape index (κ3) is 3.05. The van der Waals surface area contributed by atoms with Gasteiger partial charge < -0.3 is 0 Å². The molecule has 4 nitrogen and oxygen atoms in total. The van der Waals surface area contributed by atoms with E-state index in [0.717, 1.165) is 12.3 Å². The maximum absolute atomic E-state index is 13.6. The summed E-state index contributed by atoms with van der Waals surface area (Å²) in [6.45, 7) is 0. The average Bonchev–Trinajstić information content (AvgIpc) is 2.34. The van der Waals surface area contributed by atoms with Crippen molar-refractivity contribution in [2.75, 3.05) is 4.72 Å². The summed E-state index contributed by atoms with van der Waals surface area (Å²) < 4.78 is 40.2. The number of nitrogens with zero attached hydrogens (tertiary/aromatic N) is 1. The number of anilines is 1. The number of hydrogen-bond acceptors (Lipinski definition) is 3. The van der Waals surface area contributed by atoms with Crippen molar-refractivity contribution < 1.29 is 12.8 Å². The van der Waals surface area contributed by atoms with Gasteiger partial charge in [0, 0.05) is 16.9 Å². The van der Waals surface area contributed by atoms with E-state index in [1.807, 2.05) is 0 Å². The van der Waals surface area contributed by atoms with Crippen molar-refractivity contribution in [1.82, 2.24) is 4.98 Å². The second-order valence-corrected chi connectivity index (χ2v) is 6.42. The highest BCUT2D eigenvalue weighted by molar-refractivity contribution is 9.10. The number of hydrogen-bond donors (Lipinski definition) is 1. The summed E-state index contributed by atoms with van der Waals surface area (Å²) in [4.78, 5) is 3.47. The fourth-order valence-electron chi connectivity index (χ4n) is 1.35. The predicted molar refractivity (Wildman–Crippen MR) is 74.2 cm³/mol. The Morgan fingerprint density at radius 2 is 2.05 bits per heavy atom. The first-order chi connectivity index (χ1) is 8.92. The number of rotatable bonds is 3. The standard InChI is InChI=1S/C11H7BrClFN2O2S/c12-7-2-1-3-9(14)11(7)16-19(17,18)10-6-15-5-4-8(10)13/h1-6,16H. The minimum absolute atomic E-state index is 0.00922. The normalized spacial score (nSPS) is 11.3. The first kappa shape index (κ1) is 14.2. The number of sulfonamides is 1. The minimum Gasteiger partial charge on any atom is -0.275 e. The molecular weight excluding hydrogens is 359 g/mol. The fourth-order valence-corrected chi connectivity index (χ4v) is 3.44. The molecule has 2 rings (SSSR count). The Morgan fingerprint density at radius 3 is 2.68 bits per heavy atom. The lowest BCUT2D eigenvalue weighted by atomic mass is 10.3. The summed E-state index contributed by atoms with van der Waals surface area (Å²) in [6, 6.07) is 5.46. The zero-order valence-corrected chi connectivity index (χ0v) is 12.4. The molecule has 0 bridgehead atoms. The van der Waals surface area contributed by atoms with Gasteiger partial charge in [-0.05, 0) is 34.1 Å². The number of benzene rings is 1. The lowest BCUT2D eigenvalue weighted by Gasteiger charge is -2.11. The van der Waals surface area contributed by atoms with E-state index in [0.29, 0.717) is 0 Å². The summed E-state index contributed by atoms with van der Waals surface area (Å²) in [5, 5.41) is 0.00922. The molecular formula is C11H7BrClFN2O2S. The number of para-hydroxylation sites is 1. The highest BCUT2D eigenvalue weighted by Crippen LogP contribution is 2.29. The maximum Gasteiger partial charge on any atom is 0.265 e. The third-order valence-corrected chi connectivity index (χ3v) is 4.70. The van der Waals surface area contributed by atoms with Crippen LogP contribution in [0.1, 0.15) is 0 Å². The molecule has 1 N–H and O–H groups in total. The molecule has 0 radical (unpaired) electrons. The van der Waals surface area contributed by atoms with E-state index in [-0.39, 0.29) is 20.1 Å². The summed E-state index contributed by atoms with van der Waals surface area (Å²) in [7, 11) is -4.00. The first-order valence-electron chi connectivity index (χ1n) is 4.98. The van der Waals surface area contributed by atoms with Crippen LogP contribution in [0.15, 0.2) is 46.0 Å². The van der Waals surface area contributed by atoms with Gasteiger partial charge in [-0.2, -0.15) is 0 Å². The monoisotopic (exact) mass is 364 g/mol. The van der Waals surface area contributed by atoms with Crippen molar-refractivity contribution in [2.24, 2.45) is 0 Å². The Kier molecular flexibility index (Phi) is 4.07. The van der Waals surface area contributed by atoms with Crippen LogP contribution in [-0.2, 0) is 10.0 Å². The summed E-state index contributed by atoms with van der Waals surface area (Å²) in [5.41, 5.74) is -0.178. The highest BCUT2D eigenvalue weighted by Gasteiger charge is 2.21. The van der Waals surface area contributed by atoms with Crippen molar-refractivity contribution in [3.05, 3.63) is 52.0 Å². The van der Waals surface area contributed by atoms with E-state index >= 15 is 0 Å². The van der Waals surface area contributed by atoms with E-state index in [1.54, 1.807) is 0 Å². The van der Waals surface area contributed by atoms with Crippen molar-refractivity contribution in [3.63, 3.8) is 0 Å². The molecule has 0 unspecified atom stereocenters. The van der Waals surface area contributed by atoms with Crippen LogP contribution in [0.5, 0.6) is 0 Å².